The van der Waals surface area contributed by atoms with Gasteiger partial charge in [0.1, 0.15) is 11.8 Å². The van der Waals surface area contributed by atoms with E-state index in [4.69, 9.17) is 0 Å². The van der Waals surface area contributed by atoms with Crippen molar-refractivity contribution < 1.29 is 23.1 Å². The van der Waals surface area contributed by atoms with Crippen molar-refractivity contribution in [2.45, 2.75) is 63.1 Å². The lowest BCUT2D eigenvalue weighted by molar-refractivity contribution is -0.125. The van der Waals surface area contributed by atoms with Gasteiger partial charge in [-0.25, -0.2) is 8.42 Å². The predicted octanol–water partition coefficient (Wildman–Crippen LogP) is 4.02. The second-order valence-electron chi connectivity index (χ2n) is 10.9. The van der Waals surface area contributed by atoms with Crippen LogP contribution in [0.3, 0.4) is 0 Å². The number of rotatable bonds is 11. The summed E-state index contributed by atoms with van der Waals surface area (Å²) >= 11 is 0. The minimum absolute atomic E-state index is 0.0239. The fourth-order valence-electron chi connectivity index (χ4n) is 5.15. The molecule has 7 nitrogen and oxygen atoms in total. The first kappa shape index (κ1) is 28.0. The molecule has 4 rings (SSSR count). The Balaban J connectivity index is 1.55. The van der Waals surface area contributed by atoms with Crippen LogP contribution in [0.5, 0.6) is 0 Å². The molecule has 2 unspecified atom stereocenters. The molecule has 202 valence electrons. The topological polar surface area (TPSA) is 113 Å². The standard InChI is InChI=1S/C30H36N2O5S/c1-18(2)17-23(32-38(36,37)24-16-10-14-20-11-8-9-15-22(20)24)30(35)31-27(19(3)4)29(34)26-25(28(26)33)21-12-6-5-7-13-21/h5-16,18-19,23,25-27,29,32,34H,17H2,1-4H3,(H,31,35)/t23-,25?,26?,27-,29-/m0/s1. The highest BCUT2D eigenvalue weighted by molar-refractivity contribution is 7.89. The molecular formula is C30H36N2O5S. The molecule has 1 aliphatic carbocycles. The number of sulfonamides is 1. The molecule has 1 saturated carbocycles. The van der Waals surface area contributed by atoms with Gasteiger partial charge in [0.2, 0.25) is 15.9 Å². The Hall–Kier alpha value is -3.07. The van der Waals surface area contributed by atoms with E-state index in [-0.39, 0.29) is 28.9 Å². The van der Waals surface area contributed by atoms with E-state index in [0.29, 0.717) is 5.39 Å². The van der Waals surface area contributed by atoms with Crippen molar-refractivity contribution in [1.82, 2.24) is 10.0 Å². The maximum atomic E-state index is 13.5. The lowest BCUT2D eigenvalue weighted by Crippen LogP contribution is -2.55. The fraction of sp³-hybridized carbons (Fsp3) is 0.400. The molecule has 0 aromatic heterocycles. The van der Waals surface area contributed by atoms with Crippen molar-refractivity contribution in [3.05, 3.63) is 78.4 Å². The second-order valence-corrected chi connectivity index (χ2v) is 12.5. The minimum atomic E-state index is -4.04. The zero-order valence-corrected chi connectivity index (χ0v) is 23.0. The van der Waals surface area contributed by atoms with E-state index in [9.17, 15) is 23.1 Å². The van der Waals surface area contributed by atoms with Gasteiger partial charge in [0.25, 0.3) is 0 Å². The number of hydrogen-bond acceptors (Lipinski definition) is 5. The number of nitrogens with one attached hydrogen (secondary N) is 2. The molecule has 0 heterocycles. The van der Waals surface area contributed by atoms with Crippen LogP contribution >= 0.6 is 0 Å². The highest BCUT2D eigenvalue weighted by atomic mass is 32.2. The summed E-state index contributed by atoms with van der Waals surface area (Å²) < 4.78 is 29.6. The Bertz CT molecular complexity index is 1400. The zero-order chi connectivity index (χ0) is 27.6. The Morgan fingerprint density at radius 3 is 2.21 bits per heavy atom. The molecule has 8 heteroatoms. The van der Waals surface area contributed by atoms with Crippen LogP contribution in [0.4, 0.5) is 0 Å². The molecule has 3 aromatic rings. The van der Waals surface area contributed by atoms with Gasteiger partial charge in [0.05, 0.1) is 28.9 Å². The number of aliphatic hydroxyl groups is 1. The number of carbonyl (C=O) groups excluding carboxylic acids is 2. The van der Waals surface area contributed by atoms with E-state index >= 15 is 0 Å². The maximum absolute atomic E-state index is 13.5. The average Bonchev–Trinajstić information content (AvgIpc) is 3.56. The van der Waals surface area contributed by atoms with Gasteiger partial charge < -0.3 is 10.4 Å². The second kappa shape index (κ2) is 11.4. The Labute approximate surface area is 224 Å². The highest BCUT2D eigenvalue weighted by Crippen LogP contribution is 2.46. The van der Waals surface area contributed by atoms with Crippen LogP contribution in [0.25, 0.3) is 10.8 Å². The molecule has 0 aliphatic heterocycles. The van der Waals surface area contributed by atoms with Crippen molar-refractivity contribution in [2.24, 2.45) is 17.8 Å². The summed E-state index contributed by atoms with van der Waals surface area (Å²) in [5, 5.41) is 15.4. The van der Waals surface area contributed by atoms with Gasteiger partial charge >= 0.3 is 0 Å². The van der Waals surface area contributed by atoms with Crippen LogP contribution in [0, 0.1) is 17.8 Å². The van der Waals surface area contributed by atoms with E-state index in [1.165, 1.54) is 6.07 Å². The summed E-state index contributed by atoms with van der Waals surface area (Å²) in [5.41, 5.74) is 0.843. The third kappa shape index (κ3) is 5.98. The Kier molecular flexibility index (Phi) is 8.35. The van der Waals surface area contributed by atoms with Crippen LogP contribution in [0.2, 0.25) is 0 Å². The molecular weight excluding hydrogens is 500 g/mol. The molecule has 0 saturated heterocycles. The number of hydrogen-bond donors (Lipinski definition) is 3. The zero-order valence-electron chi connectivity index (χ0n) is 22.2. The van der Waals surface area contributed by atoms with Crippen molar-refractivity contribution >= 4 is 32.5 Å². The first-order chi connectivity index (χ1) is 18.0. The van der Waals surface area contributed by atoms with E-state index in [1.807, 2.05) is 76.2 Å². The Morgan fingerprint density at radius 1 is 0.921 bits per heavy atom. The fourth-order valence-corrected chi connectivity index (χ4v) is 6.59. The number of ketones is 1. The third-order valence-electron chi connectivity index (χ3n) is 7.17. The van der Waals surface area contributed by atoms with Crippen LogP contribution in [0.1, 0.15) is 45.6 Å². The molecule has 38 heavy (non-hydrogen) atoms. The molecule has 0 spiro atoms. The molecule has 1 amide bonds. The first-order valence-electron chi connectivity index (χ1n) is 13.1. The summed E-state index contributed by atoms with van der Waals surface area (Å²) in [6.45, 7) is 7.54. The smallest absolute Gasteiger partial charge is 0.241 e. The van der Waals surface area contributed by atoms with E-state index in [1.54, 1.807) is 18.2 Å². The summed E-state index contributed by atoms with van der Waals surface area (Å²) in [6, 6.07) is 19.7. The first-order valence-corrected chi connectivity index (χ1v) is 14.6. The normalized spacial score (nSPS) is 19.9. The van der Waals surface area contributed by atoms with Crippen molar-refractivity contribution in [2.75, 3.05) is 0 Å². The molecule has 3 N–H and O–H groups in total. The quantitative estimate of drug-likeness (QED) is 0.343. The molecule has 1 aliphatic rings. The van der Waals surface area contributed by atoms with Crippen LogP contribution in [0.15, 0.2) is 77.7 Å². The summed E-state index contributed by atoms with van der Waals surface area (Å²) in [6.07, 6.45) is -0.822. The SMILES string of the molecule is CC(C)C[C@H](NS(=O)(=O)c1cccc2ccccc12)C(=O)N[C@@H](C(C)C)[C@@H](O)C1C(=O)C1c1ccccc1. The van der Waals surface area contributed by atoms with Gasteiger partial charge in [-0.2, -0.15) is 4.72 Å². The van der Waals surface area contributed by atoms with Crippen molar-refractivity contribution in [3.63, 3.8) is 0 Å². The predicted molar refractivity (Wildman–Crippen MR) is 148 cm³/mol. The van der Waals surface area contributed by atoms with Crippen molar-refractivity contribution in [1.29, 1.82) is 0 Å². The van der Waals surface area contributed by atoms with Gasteiger partial charge in [-0.3, -0.25) is 9.59 Å². The monoisotopic (exact) mass is 536 g/mol. The number of fused-ring (bicyclic) bond motifs is 1. The minimum Gasteiger partial charge on any atom is -0.390 e. The van der Waals surface area contributed by atoms with Gasteiger partial charge in [0, 0.05) is 5.39 Å². The highest BCUT2D eigenvalue weighted by Gasteiger charge is 2.56. The number of Topliss-reactive ketones (excluding diaryl/α,β-unsaturated/α-hetero) is 1. The Morgan fingerprint density at radius 2 is 1.55 bits per heavy atom. The lowest BCUT2D eigenvalue weighted by Gasteiger charge is -2.30. The van der Waals surface area contributed by atoms with E-state index < -0.39 is 46.0 Å². The summed E-state index contributed by atoms with van der Waals surface area (Å²) in [7, 11) is -4.04. The van der Waals surface area contributed by atoms with Gasteiger partial charge in [0.15, 0.2) is 0 Å². The average molecular weight is 537 g/mol. The van der Waals surface area contributed by atoms with Crippen molar-refractivity contribution in [3.8, 4) is 0 Å². The van der Waals surface area contributed by atoms with Crippen LogP contribution < -0.4 is 10.0 Å². The summed E-state index contributed by atoms with van der Waals surface area (Å²) in [4.78, 5) is 26.3. The van der Waals surface area contributed by atoms with Crippen LogP contribution in [-0.2, 0) is 19.6 Å². The van der Waals surface area contributed by atoms with E-state index in [2.05, 4.69) is 10.0 Å². The van der Waals surface area contributed by atoms with Crippen LogP contribution in [-0.4, -0.2) is 43.4 Å². The largest absolute Gasteiger partial charge is 0.390 e. The molecule has 5 atom stereocenters. The van der Waals surface area contributed by atoms with Gasteiger partial charge in [-0.05, 0) is 35.3 Å². The van der Waals surface area contributed by atoms with Gasteiger partial charge in [-0.15, -0.1) is 0 Å². The number of carbonyl (C=O) groups is 2. The lowest BCUT2D eigenvalue weighted by atomic mass is 9.92. The van der Waals surface area contributed by atoms with E-state index in [0.717, 1.165) is 10.9 Å². The third-order valence-corrected chi connectivity index (χ3v) is 8.70. The summed E-state index contributed by atoms with van der Waals surface area (Å²) in [5.74, 6) is -1.76. The van der Waals surface area contributed by atoms with Gasteiger partial charge in [-0.1, -0.05) is 94.4 Å². The number of benzene rings is 3. The molecule has 0 bridgehead atoms. The molecule has 3 aromatic carbocycles. The molecule has 1 fully saturated rings. The number of amides is 1. The number of aliphatic hydroxyl groups excluding tert-OH is 1. The maximum Gasteiger partial charge on any atom is 0.241 e. The molecule has 0 radical (unpaired) electrons.